The number of aliphatic hydroxyl groups excluding tert-OH is 2. The van der Waals surface area contributed by atoms with E-state index >= 15 is 0 Å². The number of hydrogen-bond acceptors (Lipinski definition) is 8. The maximum absolute atomic E-state index is 11.7. The van der Waals surface area contributed by atoms with Crippen molar-refractivity contribution in [2.75, 3.05) is 12.3 Å². The summed E-state index contributed by atoms with van der Waals surface area (Å²) < 4.78 is 6.82. The Morgan fingerprint density at radius 1 is 1.62 bits per heavy atom. The molecule has 0 radical (unpaired) electrons. The second-order valence-electron chi connectivity index (χ2n) is 4.67. The third kappa shape index (κ3) is 1.95. The molecule has 4 atom stereocenters. The molecule has 0 bridgehead atoms. The van der Waals surface area contributed by atoms with Crippen LogP contribution >= 0.6 is 0 Å². The summed E-state index contributed by atoms with van der Waals surface area (Å²) in [7, 11) is 0. The summed E-state index contributed by atoms with van der Waals surface area (Å²) in [6.45, 7) is -0.432. The van der Waals surface area contributed by atoms with Gasteiger partial charge >= 0.3 is 0 Å². The number of nitrogen functional groups attached to an aromatic ring is 1. The summed E-state index contributed by atoms with van der Waals surface area (Å²) in [6.07, 6.45) is -1.67. The molecule has 2 aromatic rings. The largest absolute Gasteiger partial charge is 0.394 e. The molecule has 10 nitrogen and oxygen atoms in total. The molecule has 21 heavy (non-hydrogen) atoms. The van der Waals surface area contributed by atoms with E-state index in [0.717, 1.165) is 0 Å². The van der Waals surface area contributed by atoms with Gasteiger partial charge in [-0.15, -0.1) is 0 Å². The van der Waals surface area contributed by atoms with Crippen LogP contribution in [0.1, 0.15) is 6.23 Å². The zero-order valence-corrected chi connectivity index (χ0v) is 10.7. The highest BCUT2D eigenvalue weighted by atomic mass is 16.5. The molecule has 0 amide bonds. The average molecular weight is 292 g/mol. The number of nitrogens with zero attached hydrogens (tertiary/aromatic N) is 4. The predicted molar refractivity (Wildman–Crippen MR) is 68.7 cm³/mol. The molecule has 0 aliphatic carbocycles. The Morgan fingerprint density at radius 2 is 2.38 bits per heavy atom. The number of nitrogens with one attached hydrogen (secondary N) is 1. The molecule has 3 heterocycles. The topological polar surface area (TPSA) is 163 Å². The van der Waals surface area contributed by atoms with E-state index in [-0.39, 0.29) is 17.1 Å². The Bertz CT molecular complexity index is 777. The molecule has 2 aromatic heterocycles. The minimum absolute atomic E-state index is 0.0476. The smallest absolute Gasteiger partial charge is 0.280 e. The van der Waals surface area contributed by atoms with E-state index in [9.17, 15) is 15.2 Å². The molecule has 1 saturated heterocycles. The Hall–Kier alpha value is -2.48. The Kier molecular flexibility index (Phi) is 3.09. The maximum atomic E-state index is 11.7. The predicted octanol–water partition coefficient (Wildman–Crippen LogP) is -1.91. The normalized spacial score (nSPS) is 28.8. The Balaban J connectivity index is 2.13. The van der Waals surface area contributed by atoms with E-state index in [1.807, 2.05) is 6.07 Å². The van der Waals surface area contributed by atoms with Gasteiger partial charge in [0.2, 0.25) is 5.95 Å². The molecule has 3 rings (SSSR count). The molecule has 0 unspecified atom stereocenters. The fourth-order valence-electron chi connectivity index (χ4n) is 2.40. The van der Waals surface area contributed by atoms with Crippen molar-refractivity contribution in [2.45, 2.75) is 18.4 Å². The van der Waals surface area contributed by atoms with Gasteiger partial charge in [-0.05, 0) is 0 Å². The van der Waals surface area contributed by atoms with Crippen LogP contribution in [-0.4, -0.2) is 48.5 Å². The van der Waals surface area contributed by atoms with Gasteiger partial charge < -0.3 is 20.7 Å². The first kappa shape index (κ1) is 13.5. The molecular formula is C11H12N6O4. The highest BCUT2D eigenvalue weighted by molar-refractivity contribution is 5.70. The third-order valence-electron chi connectivity index (χ3n) is 3.42. The van der Waals surface area contributed by atoms with Crippen LogP contribution in [0.3, 0.4) is 0 Å². The second-order valence-corrected chi connectivity index (χ2v) is 4.67. The molecule has 1 aliphatic rings. The Labute approximate surface area is 117 Å². The van der Waals surface area contributed by atoms with Gasteiger partial charge in [-0.3, -0.25) is 14.3 Å². The summed E-state index contributed by atoms with van der Waals surface area (Å²) in [5.74, 6) is -1.03. The molecule has 0 spiro atoms. The first-order chi connectivity index (χ1) is 10.1. The number of rotatable bonds is 2. The first-order valence-corrected chi connectivity index (χ1v) is 6.13. The van der Waals surface area contributed by atoms with Crippen LogP contribution in [0.15, 0.2) is 11.1 Å². The minimum atomic E-state index is -1.15. The highest BCUT2D eigenvalue weighted by Crippen LogP contribution is 2.35. The number of ether oxygens (including phenoxy) is 1. The number of hydrogen-bond donors (Lipinski definition) is 4. The SMILES string of the molecule is N#C[C@H]1[C@H](O)[C@@H](CO)O[C@H]1n1cnc2c(=O)[nH]c(N)nc21. The van der Waals surface area contributed by atoms with Crippen molar-refractivity contribution < 1.29 is 14.9 Å². The number of imidazole rings is 1. The third-order valence-corrected chi connectivity index (χ3v) is 3.42. The van der Waals surface area contributed by atoms with Crippen molar-refractivity contribution in [1.82, 2.24) is 19.5 Å². The van der Waals surface area contributed by atoms with Crippen molar-refractivity contribution in [1.29, 1.82) is 5.26 Å². The summed E-state index contributed by atoms with van der Waals surface area (Å²) >= 11 is 0. The molecule has 5 N–H and O–H groups in total. The van der Waals surface area contributed by atoms with Crippen LogP contribution in [0.5, 0.6) is 0 Å². The summed E-state index contributed by atoms with van der Waals surface area (Å²) in [5.41, 5.74) is 5.18. The number of aromatic nitrogens is 4. The van der Waals surface area contributed by atoms with Crippen molar-refractivity contribution >= 4 is 17.1 Å². The van der Waals surface area contributed by atoms with E-state index in [1.165, 1.54) is 10.9 Å². The number of nitrogens with two attached hydrogens (primary N) is 1. The Morgan fingerprint density at radius 3 is 3.05 bits per heavy atom. The first-order valence-electron chi connectivity index (χ1n) is 6.13. The zero-order chi connectivity index (χ0) is 15.1. The van der Waals surface area contributed by atoms with E-state index in [0.29, 0.717) is 0 Å². The van der Waals surface area contributed by atoms with Crippen molar-refractivity contribution in [3.8, 4) is 6.07 Å². The van der Waals surface area contributed by atoms with Gasteiger partial charge in [-0.25, -0.2) is 4.98 Å². The number of anilines is 1. The fraction of sp³-hybridized carbons (Fsp3) is 0.455. The van der Waals surface area contributed by atoms with Crippen molar-refractivity contribution in [3.63, 3.8) is 0 Å². The summed E-state index contributed by atoms with van der Waals surface area (Å²) in [6, 6.07) is 1.93. The molecule has 0 saturated carbocycles. The molecule has 1 aliphatic heterocycles. The van der Waals surface area contributed by atoms with Crippen LogP contribution in [0.25, 0.3) is 11.2 Å². The quantitative estimate of drug-likeness (QED) is 0.498. The van der Waals surface area contributed by atoms with Crippen LogP contribution in [-0.2, 0) is 4.74 Å². The van der Waals surface area contributed by atoms with Gasteiger partial charge in [-0.1, -0.05) is 0 Å². The van der Waals surface area contributed by atoms with Gasteiger partial charge in [0.15, 0.2) is 17.4 Å². The molecule has 110 valence electrons. The van der Waals surface area contributed by atoms with E-state index in [1.54, 1.807) is 0 Å². The monoisotopic (exact) mass is 292 g/mol. The standard InChI is InChI=1S/C11H12N6O4/c12-1-4-7(19)5(2-18)21-10(4)17-3-14-6-8(17)15-11(13)16-9(6)20/h3-5,7,10,18-19H,2H2,(H3,13,15,16,20)/t4-,5+,7-,10+/m0/s1. The lowest BCUT2D eigenvalue weighted by molar-refractivity contribution is -0.0441. The lowest BCUT2D eigenvalue weighted by atomic mass is 10.0. The summed E-state index contributed by atoms with van der Waals surface area (Å²) in [4.78, 5) is 21.9. The number of aliphatic hydroxyl groups is 2. The zero-order valence-electron chi connectivity index (χ0n) is 10.7. The van der Waals surface area contributed by atoms with Crippen molar-refractivity contribution in [2.24, 2.45) is 5.92 Å². The van der Waals surface area contributed by atoms with Crippen LogP contribution in [0.4, 0.5) is 5.95 Å². The summed E-state index contributed by atoms with van der Waals surface area (Å²) in [5, 5.41) is 28.3. The fourth-order valence-corrected chi connectivity index (χ4v) is 2.40. The van der Waals surface area contributed by atoms with Gasteiger partial charge in [0, 0.05) is 0 Å². The lowest BCUT2D eigenvalue weighted by Crippen LogP contribution is -2.28. The molecular weight excluding hydrogens is 280 g/mol. The van der Waals surface area contributed by atoms with Gasteiger partial charge in [0.05, 0.1) is 19.0 Å². The number of fused-ring (bicyclic) bond motifs is 1. The van der Waals surface area contributed by atoms with Gasteiger partial charge in [0.1, 0.15) is 18.1 Å². The highest BCUT2D eigenvalue weighted by Gasteiger charge is 2.45. The van der Waals surface area contributed by atoms with E-state index in [4.69, 9.17) is 15.6 Å². The van der Waals surface area contributed by atoms with Gasteiger partial charge in [0.25, 0.3) is 5.56 Å². The number of nitriles is 1. The van der Waals surface area contributed by atoms with E-state index < -0.39 is 36.5 Å². The molecule has 1 fully saturated rings. The second kappa shape index (κ2) is 4.81. The maximum Gasteiger partial charge on any atom is 0.280 e. The average Bonchev–Trinajstić information content (AvgIpc) is 2.99. The van der Waals surface area contributed by atoms with Crippen LogP contribution < -0.4 is 11.3 Å². The number of H-pyrrole nitrogens is 1. The molecule has 0 aromatic carbocycles. The van der Waals surface area contributed by atoms with Crippen LogP contribution in [0, 0.1) is 17.2 Å². The van der Waals surface area contributed by atoms with E-state index in [2.05, 4.69) is 15.0 Å². The number of aromatic amines is 1. The molecule has 10 heteroatoms. The van der Waals surface area contributed by atoms with Crippen molar-refractivity contribution in [3.05, 3.63) is 16.7 Å². The lowest BCUT2D eigenvalue weighted by Gasteiger charge is -2.15. The minimum Gasteiger partial charge on any atom is -0.394 e. The van der Waals surface area contributed by atoms with Crippen LogP contribution in [0.2, 0.25) is 0 Å². The van der Waals surface area contributed by atoms with Gasteiger partial charge in [-0.2, -0.15) is 10.2 Å².